The highest BCUT2D eigenvalue weighted by Crippen LogP contribution is 2.35. The average Bonchev–Trinajstić information content (AvgIpc) is 2.33. The van der Waals surface area contributed by atoms with Crippen molar-refractivity contribution >= 4 is 43.2 Å². The van der Waals surface area contributed by atoms with Gasteiger partial charge in [-0.2, -0.15) is 0 Å². The highest BCUT2D eigenvalue weighted by Gasteiger charge is 2.10. The van der Waals surface area contributed by atoms with Crippen LogP contribution in [0.25, 0.3) is 0 Å². The van der Waals surface area contributed by atoms with Crippen molar-refractivity contribution in [2.45, 2.75) is 12.5 Å². The summed E-state index contributed by atoms with van der Waals surface area (Å²) in [5.41, 5.74) is 5.80. The zero-order valence-electron chi connectivity index (χ0n) is 6.26. The lowest BCUT2D eigenvalue weighted by Gasteiger charge is -2.05. The van der Waals surface area contributed by atoms with Gasteiger partial charge >= 0.3 is 0 Å². The van der Waals surface area contributed by atoms with E-state index in [0.717, 1.165) is 13.1 Å². The van der Waals surface area contributed by atoms with Crippen molar-refractivity contribution < 1.29 is 5.11 Å². The summed E-state index contributed by atoms with van der Waals surface area (Å²) < 4.78 is 2.07. The summed E-state index contributed by atoms with van der Waals surface area (Å²) in [6.45, 7) is 0.133. The summed E-state index contributed by atoms with van der Waals surface area (Å²) in [5, 5.41) is 8.68. The van der Waals surface area contributed by atoms with Crippen molar-refractivity contribution in [1.82, 2.24) is 0 Å². The number of hydrogen-bond acceptors (Lipinski definition) is 3. The van der Waals surface area contributed by atoms with Crippen LogP contribution in [-0.2, 0) is 0 Å². The monoisotopic (exact) mass is 313 g/mol. The Morgan fingerprint density at radius 1 is 1.58 bits per heavy atom. The van der Waals surface area contributed by atoms with Gasteiger partial charge in [-0.25, -0.2) is 0 Å². The van der Waals surface area contributed by atoms with Gasteiger partial charge in [0.05, 0.1) is 3.79 Å². The van der Waals surface area contributed by atoms with Crippen LogP contribution in [0.15, 0.2) is 14.3 Å². The number of rotatable bonds is 3. The lowest BCUT2D eigenvalue weighted by molar-refractivity contribution is 0.277. The van der Waals surface area contributed by atoms with Gasteiger partial charge in [0.25, 0.3) is 0 Å². The lowest BCUT2D eigenvalue weighted by Crippen LogP contribution is -2.09. The van der Waals surface area contributed by atoms with Gasteiger partial charge in [-0.15, -0.1) is 11.3 Å². The van der Waals surface area contributed by atoms with E-state index in [9.17, 15) is 0 Å². The maximum absolute atomic E-state index is 8.68. The molecule has 0 saturated carbocycles. The third-order valence-corrected chi connectivity index (χ3v) is 4.86. The molecule has 0 aliphatic heterocycles. The molecule has 0 aromatic carbocycles. The van der Waals surface area contributed by atoms with Crippen molar-refractivity contribution in [2.24, 2.45) is 5.73 Å². The van der Waals surface area contributed by atoms with Crippen molar-refractivity contribution in [2.75, 3.05) is 6.61 Å². The highest BCUT2D eigenvalue weighted by molar-refractivity contribution is 9.13. The van der Waals surface area contributed by atoms with Crippen molar-refractivity contribution in [1.29, 1.82) is 0 Å². The van der Waals surface area contributed by atoms with E-state index in [0.29, 0.717) is 6.42 Å². The Hall–Kier alpha value is 0.580. The van der Waals surface area contributed by atoms with Crippen LogP contribution in [0, 0.1) is 0 Å². The Morgan fingerprint density at radius 3 is 2.67 bits per heavy atom. The minimum absolute atomic E-state index is 0.0531. The van der Waals surface area contributed by atoms with Crippen LogP contribution in [0.1, 0.15) is 17.3 Å². The minimum atomic E-state index is -0.0531. The van der Waals surface area contributed by atoms with Crippen LogP contribution < -0.4 is 5.73 Å². The largest absolute Gasteiger partial charge is 0.396 e. The normalized spacial score (nSPS) is 13.3. The molecule has 12 heavy (non-hydrogen) atoms. The third-order valence-electron chi connectivity index (χ3n) is 1.47. The van der Waals surface area contributed by atoms with E-state index in [2.05, 4.69) is 31.9 Å². The molecule has 1 rings (SSSR count). The fourth-order valence-corrected chi connectivity index (χ4v) is 2.95. The van der Waals surface area contributed by atoms with Gasteiger partial charge in [0.2, 0.25) is 0 Å². The summed E-state index contributed by atoms with van der Waals surface area (Å²) in [4.78, 5) is 1.09. The Labute approximate surface area is 92.0 Å². The standard InChI is InChI=1S/C7H9Br2NOS/c8-4-3-6(12-7(4)9)5(10)1-2-11/h3,5,11H,1-2,10H2. The van der Waals surface area contributed by atoms with Crippen LogP contribution in [-0.4, -0.2) is 11.7 Å². The van der Waals surface area contributed by atoms with Crippen LogP contribution in [0.4, 0.5) is 0 Å². The molecule has 0 bridgehead atoms. The Bertz CT molecular complexity index is 244. The van der Waals surface area contributed by atoms with Gasteiger partial charge in [-0.3, -0.25) is 0 Å². The molecule has 0 amide bonds. The van der Waals surface area contributed by atoms with E-state index >= 15 is 0 Å². The molecule has 3 N–H and O–H groups in total. The van der Waals surface area contributed by atoms with Gasteiger partial charge in [-0.1, -0.05) is 0 Å². The molecule has 0 aliphatic rings. The molecule has 1 heterocycles. The predicted octanol–water partition coefficient (Wildman–Crippen LogP) is 2.66. The second-order valence-corrected chi connectivity index (χ2v) is 5.65. The molecule has 1 unspecified atom stereocenters. The molecule has 1 aromatic heterocycles. The Kier molecular flexibility index (Phi) is 4.19. The first-order valence-electron chi connectivity index (χ1n) is 3.46. The summed E-state index contributed by atoms with van der Waals surface area (Å²) in [6, 6.07) is 1.93. The van der Waals surface area contributed by atoms with Gasteiger partial charge in [0.15, 0.2) is 0 Å². The number of aliphatic hydroxyl groups excluding tert-OH is 1. The van der Waals surface area contributed by atoms with Crippen molar-refractivity contribution in [3.63, 3.8) is 0 Å². The van der Waals surface area contributed by atoms with Crippen LogP contribution >= 0.6 is 43.2 Å². The Balaban J connectivity index is 2.74. The van der Waals surface area contributed by atoms with Crippen LogP contribution in [0.3, 0.4) is 0 Å². The number of nitrogens with two attached hydrogens (primary N) is 1. The first-order valence-corrected chi connectivity index (χ1v) is 5.86. The number of aliphatic hydroxyl groups is 1. The van der Waals surface area contributed by atoms with E-state index in [4.69, 9.17) is 10.8 Å². The second-order valence-electron chi connectivity index (χ2n) is 2.39. The Morgan fingerprint density at radius 2 is 2.25 bits per heavy atom. The minimum Gasteiger partial charge on any atom is -0.396 e. The van der Waals surface area contributed by atoms with E-state index in [1.165, 1.54) is 0 Å². The third kappa shape index (κ3) is 2.53. The molecule has 0 fully saturated rings. The van der Waals surface area contributed by atoms with E-state index < -0.39 is 0 Å². The quantitative estimate of drug-likeness (QED) is 0.901. The highest BCUT2D eigenvalue weighted by atomic mass is 79.9. The number of hydrogen-bond donors (Lipinski definition) is 2. The van der Waals surface area contributed by atoms with E-state index in [1.807, 2.05) is 6.07 Å². The smallest absolute Gasteiger partial charge is 0.0843 e. The molecular weight excluding hydrogens is 306 g/mol. The van der Waals surface area contributed by atoms with Crippen molar-refractivity contribution in [3.8, 4) is 0 Å². The lowest BCUT2D eigenvalue weighted by atomic mass is 10.2. The van der Waals surface area contributed by atoms with E-state index in [-0.39, 0.29) is 12.6 Å². The maximum atomic E-state index is 8.68. The fraction of sp³-hybridized carbons (Fsp3) is 0.429. The SMILES string of the molecule is NC(CCO)c1cc(Br)c(Br)s1. The maximum Gasteiger partial charge on any atom is 0.0843 e. The molecule has 1 aromatic rings. The van der Waals surface area contributed by atoms with Gasteiger partial charge in [-0.05, 0) is 44.3 Å². The molecule has 2 nitrogen and oxygen atoms in total. The predicted molar refractivity (Wildman–Crippen MR) is 58.4 cm³/mol. The zero-order valence-corrected chi connectivity index (χ0v) is 10.2. The van der Waals surface area contributed by atoms with E-state index in [1.54, 1.807) is 11.3 Å². The van der Waals surface area contributed by atoms with Gasteiger partial charge in [0, 0.05) is 22.0 Å². The zero-order chi connectivity index (χ0) is 9.14. The molecule has 1 atom stereocenters. The first kappa shape index (κ1) is 10.7. The topological polar surface area (TPSA) is 46.2 Å². The molecule has 0 radical (unpaired) electrons. The molecule has 0 spiro atoms. The summed E-state index contributed by atoms with van der Waals surface area (Å²) in [5.74, 6) is 0. The van der Waals surface area contributed by atoms with Crippen molar-refractivity contribution in [3.05, 3.63) is 19.2 Å². The van der Waals surface area contributed by atoms with Crippen LogP contribution in [0.5, 0.6) is 0 Å². The summed E-state index contributed by atoms with van der Waals surface area (Å²) in [7, 11) is 0. The summed E-state index contributed by atoms with van der Waals surface area (Å²) in [6.07, 6.45) is 0.611. The number of thiophene rings is 1. The van der Waals surface area contributed by atoms with Crippen LogP contribution in [0.2, 0.25) is 0 Å². The molecule has 0 aliphatic carbocycles. The average molecular weight is 315 g/mol. The molecule has 5 heteroatoms. The molecular formula is C7H9Br2NOS. The van der Waals surface area contributed by atoms with Gasteiger partial charge in [0.1, 0.15) is 0 Å². The van der Waals surface area contributed by atoms with Gasteiger partial charge < -0.3 is 10.8 Å². The second kappa shape index (κ2) is 4.72. The molecule has 68 valence electrons. The fourth-order valence-electron chi connectivity index (χ4n) is 0.827. The molecule has 0 saturated heterocycles. The number of halogens is 2. The first-order chi connectivity index (χ1) is 5.65. The summed E-state index contributed by atoms with van der Waals surface area (Å²) >= 11 is 8.37.